The molecule has 0 aliphatic heterocycles. The van der Waals surface area contributed by atoms with Gasteiger partial charge in [0, 0.05) is 0 Å². The number of hydrogen-bond donors (Lipinski definition) is 3. The van der Waals surface area contributed by atoms with Gasteiger partial charge < -0.3 is 15.9 Å². The average molecular weight is 167 g/mol. The maximum Gasteiger partial charge on any atom is 0.141 e. The van der Waals surface area contributed by atoms with Gasteiger partial charge in [-0.25, -0.2) is 0 Å². The Balaban J connectivity index is 2.86. The fourth-order valence-electron chi connectivity index (χ4n) is 0.973. The van der Waals surface area contributed by atoms with Crippen LogP contribution in [0, 0.1) is 0 Å². The van der Waals surface area contributed by atoms with Gasteiger partial charge in [-0.1, -0.05) is 30.3 Å². The Morgan fingerprint density at radius 1 is 1.33 bits per heavy atom. The summed E-state index contributed by atoms with van der Waals surface area (Å²) in [6.45, 7) is 1.37. The minimum Gasteiger partial charge on any atom is -0.384 e. The van der Waals surface area contributed by atoms with Gasteiger partial charge >= 0.3 is 0 Å². The van der Waals surface area contributed by atoms with Crippen molar-refractivity contribution < 1.29 is 10.2 Å². The molecular formula is C9H13NO2. The largest absolute Gasteiger partial charge is 0.384 e. The van der Waals surface area contributed by atoms with Crippen LogP contribution in [0.5, 0.6) is 0 Å². The average Bonchev–Trinajstić information content (AvgIpc) is 2.03. The molecule has 0 aromatic heterocycles. The first kappa shape index (κ1) is 9.19. The lowest BCUT2D eigenvalue weighted by molar-refractivity contribution is -0.0590. The fraction of sp³-hybridized carbons (Fsp3) is 0.333. The van der Waals surface area contributed by atoms with Crippen molar-refractivity contribution in [1.82, 2.24) is 0 Å². The van der Waals surface area contributed by atoms with E-state index in [1.165, 1.54) is 6.92 Å². The monoisotopic (exact) mass is 167 g/mol. The van der Waals surface area contributed by atoms with Crippen LogP contribution in [0.15, 0.2) is 30.3 Å². The SMILES string of the molecule is C[C@](N)(O)[C@@H](O)c1ccccc1. The van der Waals surface area contributed by atoms with E-state index in [2.05, 4.69) is 0 Å². The molecule has 1 aromatic rings. The molecule has 3 heteroatoms. The number of aliphatic hydroxyl groups is 2. The minimum absolute atomic E-state index is 0.616. The summed E-state index contributed by atoms with van der Waals surface area (Å²) in [5.41, 5.74) is 4.35. The molecular weight excluding hydrogens is 154 g/mol. The molecule has 0 saturated carbocycles. The zero-order valence-electron chi connectivity index (χ0n) is 6.94. The lowest BCUT2D eigenvalue weighted by Gasteiger charge is -2.24. The van der Waals surface area contributed by atoms with Gasteiger partial charge in [0.2, 0.25) is 0 Å². The molecule has 2 atom stereocenters. The molecule has 0 saturated heterocycles. The Morgan fingerprint density at radius 3 is 2.25 bits per heavy atom. The van der Waals surface area contributed by atoms with Crippen LogP contribution in [0.1, 0.15) is 18.6 Å². The smallest absolute Gasteiger partial charge is 0.141 e. The summed E-state index contributed by atoms with van der Waals surface area (Å²) in [5.74, 6) is 0. The van der Waals surface area contributed by atoms with Crippen LogP contribution < -0.4 is 5.73 Å². The molecule has 0 radical (unpaired) electrons. The highest BCUT2D eigenvalue weighted by molar-refractivity contribution is 5.19. The maximum atomic E-state index is 9.48. The highest BCUT2D eigenvalue weighted by Crippen LogP contribution is 2.20. The van der Waals surface area contributed by atoms with Gasteiger partial charge in [0.15, 0.2) is 0 Å². The van der Waals surface area contributed by atoms with E-state index in [1.807, 2.05) is 6.07 Å². The van der Waals surface area contributed by atoms with Gasteiger partial charge in [0.1, 0.15) is 11.8 Å². The molecule has 0 spiro atoms. The normalized spacial score (nSPS) is 18.3. The minimum atomic E-state index is -1.58. The Kier molecular flexibility index (Phi) is 2.47. The van der Waals surface area contributed by atoms with Crippen molar-refractivity contribution >= 4 is 0 Å². The van der Waals surface area contributed by atoms with E-state index < -0.39 is 11.8 Å². The molecule has 0 fully saturated rings. The molecule has 1 aromatic carbocycles. The van der Waals surface area contributed by atoms with Crippen molar-refractivity contribution in [2.75, 3.05) is 0 Å². The first-order chi connectivity index (χ1) is 5.52. The molecule has 1 rings (SSSR count). The number of hydrogen-bond acceptors (Lipinski definition) is 3. The highest BCUT2D eigenvalue weighted by Gasteiger charge is 2.26. The van der Waals surface area contributed by atoms with E-state index in [9.17, 15) is 10.2 Å². The third kappa shape index (κ3) is 2.04. The number of rotatable bonds is 2. The quantitative estimate of drug-likeness (QED) is 0.558. The van der Waals surface area contributed by atoms with Gasteiger partial charge in [0.05, 0.1) is 0 Å². The van der Waals surface area contributed by atoms with Crippen molar-refractivity contribution in [3.63, 3.8) is 0 Å². The van der Waals surface area contributed by atoms with Gasteiger partial charge in [0.25, 0.3) is 0 Å². The Labute approximate surface area is 71.5 Å². The second-order valence-corrected chi connectivity index (χ2v) is 3.04. The lowest BCUT2D eigenvalue weighted by Crippen LogP contribution is -2.42. The summed E-state index contributed by atoms with van der Waals surface area (Å²) in [7, 11) is 0. The topological polar surface area (TPSA) is 66.5 Å². The van der Waals surface area contributed by atoms with Crippen LogP contribution in [0.3, 0.4) is 0 Å². The van der Waals surface area contributed by atoms with E-state index in [1.54, 1.807) is 24.3 Å². The molecule has 0 unspecified atom stereocenters. The van der Waals surface area contributed by atoms with Crippen molar-refractivity contribution in [3.05, 3.63) is 35.9 Å². The van der Waals surface area contributed by atoms with Gasteiger partial charge in [-0.15, -0.1) is 0 Å². The van der Waals surface area contributed by atoms with E-state index in [0.717, 1.165) is 0 Å². The standard InChI is InChI=1S/C9H13NO2/c1-9(10,12)8(11)7-5-3-2-4-6-7/h2-6,8,11-12H,10H2,1H3/t8-,9-/m0/s1. The third-order valence-electron chi connectivity index (χ3n) is 1.67. The summed E-state index contributed by atoms with van der Waals surface area (Å²) in [6.07, 6.45) is -1.04. The summed E-state index contributed by atoms with van der Waals surface area (Å²) < 4.78 is 0. The van der Waals surface area contributed by atoms with Crippen molar-refractivity contribution in [2.45, 2.75) is 18.8 Å². The molecule has 0 aliphatic carbocycles. The molecule has 0 amide bonds. The summed E-state index contributed by atoms with van der Waals surface area (Å²) in [4.78, 5) is 0. The third-order valence-corrected chi connectivity index (χ3v) is 1.67. The van der Waals surface area contributed by atoms with Crippen LogP contribution in [0.2, 0.25) is 0 Å². The second-order valence-electron chi connectivity index (χ2n) is 3.04. The zero-order chi connectivity index (χ0) is 9.19. The van der Waals surface area contributed by atoms with Crippen molar-refractivity contribution in [3.8, 4) is 0 Å². The number of benzene rings is 1. The second kappa shape index (κ2) is 3.23. The number of nitrogens with two attached hydrogens (primary N) is 1. The van der Waals surface area contributed by atoms with Crippen molar-refractivity contribution in [2.24, 2.45) is 5.73 Å². The van der Waals surface area contributed by atoms with Gasteiger partial charge in [-0.2, -0.15) is 0 Å². The van der Waals surface area contributed by atoms with Crippen LogP contribution in [-0.4, -0.2) is 15.9 Å². The lowest BCUT2D eigenvalue weighted by atomic mass is 10.0. The Morgan fingerprint density at radius 2 is 1.83 bits per heavy atom. The molecule has 0 bridgehead atoms. The van der Waals surface area contributed by atoms with Crippen LogP contribution in [0.25, 0.3) is 0 Å². The first-order valence-electron chi connectivity index (χ1n) is 3.76. The van der Waals surface area contributed by atoms with Gasteiger partial charge in [-0.05, 0) is 12.5 Å². The van der Waals surface area contributed by atoms with E-state index >= 15 is 0 Å². The molecule has 3 nitrogen and oxygen atoms in total. The number of aliphatic hydroxyl groups excluding tert-OH is 1. The Hall–Kier alpha value is -0.900. The summed E-state index contributed by atoms with van der Waals surface area (Å²) in [5, 5.41) is 18.7. The van der Waals surface area contributed by atoms with E-state index in [-0.39, 0.29) is 0 Å². The molecule has 0 heterocycles. The van der Waals surface area contributed by atoms with Crippen molar-refractivity contribution in [1.29, 1.82) is 0 Å². The summed E-state index contributed by atoms with van der Waals surface area (Å²) in [6, 6.07) is 8.83. The zero-order valence-corrected chi connectivity index (χ0v) is 6.94. The Bertz CT molecular complexity index is 240. The molecule has 12 heavy (non-hydrogen) atoms. The predicted molar refractivity (Wildman–Crippen MR) is 46.2 cm³/mol. The predicted octanol–water partition coefficient (Wildman–Crippen LogP) is 0.387. The fourth-order valence-corrected chi connectivity index (χ4v) is 0.973. The van der Waals surface area contributed by atoms with Crippen LogP contribution in [-0.2, 0) is 0 Å². The molecule has 4 N–H and O–H groups in total. The van der Waals surface area contributed by atoms with Crippen LogP contribution >= 0.6 is 0 Å². The highest BCUT2D eigenvalue weighted by atomic mass is 16.4. The summed E-state index contributed by atoms with van der Waals surface area (Å²) >= 11 is 0. The molecule has 0 aliphatic rings. The van der Waals surface area contributed by atoms with E-state index in [4.69, 9.17) is 5.73 Å². The maximum absolute atomic E-state index is 9.48. The first-order valence-corrected chi connectivity index (χ1v) is 3.76. The van der Waals surface area contributed by atoms with E-state index in [0.29, 0.717) is 5.56 Å². The van der Waals surface area contributed by atoms with Gasteiger partial charge in [-0.3, -0.25) is 0 Å². The van der Waals surface area contributed by atoms with Crippen LogP contribution in [0.4, 0.5) is 0 Å². The molecule has 66 valence electrons.